The first-order valence-corrected chi connectivity index (χ1v) is 10.8. The Balaban J connectivity index is 1.54. The van der Waals surface area contributed by atoms with Gasteiger partial charge in [-0.3, -0.25) is 14.5 Å². The molecule has 1 saturated heterocycles. The normalized spacial score (nSPS) is 16.1. The predicted molar refractivity (Wildman–Crippen MR) is 120 cm³/mol. The number of nitrogens with zero attached hydrogens (tertiary/aromatic N) is 2. The molecule has 0 unspecified atom stereocenters. The minimum Gasteiger partial charge on any atom is -0.302 e. The number of amides is 2. The second-order valence-corrected chi connectivity index (χ2v) is 8.69. The summed E-state index contributed by atoms with van der Waals surface area (Å²) in [5, 5.41) is 5.12. The van der Waals surface area contributed by atoms with Gasteiger partial charge >= 0.3 is 0 Å². The number of nitrogens with one attached hydrogen (secondary N) is 1. The third kappa shape index (κ3) is 5.60. The number of thiazole rings is 1. The van der Waals surface area contributed by atoms with Crippen molar-refractivity contribution >= 4 is 62.7 Å². The number of anilines is 1. The third-order valence-electron chi connectivity index (χ3n) is 3.89. The molecule has 144 valence electrons. The number of thiocarbonyl (C=S) groups is 1. The molecule has 28 heavy (non-hydrogen) atoms. The van der Waals surface area contributed by atoms with Crippen LogP contribution in [0.3, 0.4) is 0 Å². The van der Waals surface area contributed by atoms with E-state index in [1.807, 2.05) is 49.4 Å². The van der Waals surface area contributed by atoms with Crippen LogP contribution in [0.4, 0.5) is 5.13 Å². The highest BCUT2D eigenvalue weighted by atomic mass is 32.2. The van der Waals surface area contributed by atoms with Gasteiger partial charge in [-0.25, -0.2) is 4.98 Å². The predicted octanol–water partition coefficient (Wildman–Crippen LogP) is 4.71. The average Bonchev–Trinajstić information content (AvgIpc) is 3.26. The lowest BCUT2D eigenvalue weighted by molar-refractivity contribution is -0.122. The van der Waals surface area contributed by atoms with Gasteiger partial charge in [0.15, 0.2) is 5.13 Å². The summed E-state index contributed by atoms with van der Waals surface area (Å²) >= 11 is 8.02. The van der Waals surface area contributed by atoms with Gasteiger partial charge in [0.1, 0.15) is 4.32 Å². The second kappa shape index (κ2) is 9.77. The summed E-state index contributed by atoms with van der Waals surface area (Å²) in [5.41, 5.74) is 2.06. The molecule has 1 aromatic heterocycles. The number of rotatable bonds is 7. The van der Waals surface area contributed by atoms with E-state index in [1.54, 1.807) is 16.5 Å². The van der Waals surface area contributed by atoms with Gasteiger partial charge in [-0.05, 0) is 30.6 Å². The Morgan fingerprint density at radius 3 is 2.82 bits per heavy atom. The number of allylic oxidation sites excluding steroid dienone is 2. The van der Waals surface area contributed by atoms with E-state index in [1.165, 1.54) is 23.1 Å². The minimum absolute atomic E-state index is 0.101. The molecule has 1 aliphatic heterocycles. The Hall–Kier alpha value is -2.29. The van der Waals surface area contributed by atoms with Crippen molar-refractivity contribution in [1.82, 2.24) is 9.88 Å². The van der Waals surface area contributed by atoms with Gasteiger partial charge < -0.3 is 5.32 Å². The molecule has 0 bridgehead atoms. The van der Waals surface area contributed by atoms with Gasteiger partial charge in [0, 0.05) is 24.5 Å². The largest absolute Gasteiger partial charge is 0.302 e. The third-order valence-corrected chi connectivity index (χ3v) is 5.96. The molecule has 2 amide bonds. The fourth-order valence-electron chi connectivity index (χ4n) is 2.62. The molecule has 8 heteroatoms. The van der Waals surface area contributed by atoms with Crippen molar-refractivity contribution in [2.75, 3.05) is 11.9 Å². The SMILES string of the molecule is CC(=Cc1ccccc1)C=C1SC(=S)N(CCCC(=O)Nc2nccs2)C1=O. The van der Waals surface area contributed by atoms with Crippen molar-refractivity contribution in [2.24, 2.45) is 0 Å². The smallest absolute Gasteiger partial charge is 0.266 e. The highest BCUT2D eigenvalue weighted by Gasteiger charge is 2.31. The highest BCUT2D eigenvalue weighted by molar-refractivity contribution is 8.26. The fraction of sp³-hybridized carbons (Fsp3) is 0.200. The van der Waals surface area contributed by atoms with Crippen LogP contribution >= 0.6 is 35.3 Å². The van der Waals surface area contributed by atoms with Gasteiger partial charge in [-0.1, -0.05) is 60.4 Å². The lowest BCUT2D eigenvalue weighted by atomic mass is 10.1. The molecule has 1 aromatic carbocycles. The average molecular weight is 430 g/mol. The fourth-order valence-corrected chi connectivity index (χ4v) is 4.52. The summed E-state index contributed by atoms with van der Waals surface area (Å²) in [6, 6.07) is 9.94. The van der Waals surface area contributed by atoms with Crippen LogP contribution in [0.25, 0.3) is 6.08 Å². The first kappa shape index (κ1) is 20.4. The molecule has 2 heterocycles. The number of hydrogen-bond acceptors (Lipinski definition) is 6. The van der Waals surface area contributed by atoms with Gasteiger partial charge in [0.2, 0.25) is 5.91 Å². The first-order chi connectivity index (χ1) is 13.5. The molecule has 0 saturated carbocycles. The highest BCUT2D eigenvalue weighted by Crippen LogP contribution is 2.32. The van der Waals surface area contributed by atoms with E-state index in [-0.39, 0.29) is 11.8 Å². The zero-order valence-corrected chi connectivity index (χ0v) is 17.7. The van der Waals surface area contributed by atoms with Crippen LogP contribution in [0.15, 0.2) is 58.5 Å². The molecule has 0 atom stereocenters. The van der Waals surface area contributed by atoms with Crippen molar-refractivity contribution in [3.8, 4) is 0 Å². The Kier molecular flexibility index (Phi) is 7.13. The minimum atomic E-state index is -0.113. The van der Waals surface area contributed by atoms with Crippen LogP contribution in [0.1, 0.15) is 25.3 Å². The van der Waals surface area contributed by atoms with E-state index in [4.69, 9.17) is 12.2 Å². The Morgan fingerprint density at radius 1 is 1.32 bits per heavy atom. The topological polar surface area (TPSA) is 62.3 Å². The number of carbonyl (C=O) groups excluding carboxylic acids is 2. The molecule has 2 aromatic rings. The lowest BCUT2D eigenvalue weighted by Gasteiger charge is -2.13. The molecule has 5 nitrogen and oxygen atoms in total. The van der Waals surface area contributed by atoms with E-state index in [2.05, 4.69) is 10.3 Å². The Bertz CT molecular complexity index is 921. The summed E-state index contributed by atoms with van der Waals surface area (Å²) < 4.78 is 0.532. The number of carbonyl (C=O) groups is 2. The summed E-state index contributed by atoms with van der Waals surface area (Å²) in [6.45, 7) is 2.39. The molecule has 1 N–H and O–H groups in total. The van der Waals surface area contributed by atoms with E-state index in [0.29, 0.717) is 33.7 Å². The van der Waals surface area contributed by atoms with E-state index in [9.17, 15) is 9.59 Å². The lowest BCUT2D eigenvalue weighted by Crippen LogP contribution is -2.29. The molecule has 1 fully saturated rings. The zero-order chi connectivity index (χ0) is 19.9. The van der Waals surface area contributed by atoms with Gasteiger partial charge in [0.05, 0.1) is 4.91 Å². The number of aromatic nitrogens is 1. The monoisotopic (exact) mass is 429 g/mol. The van der Waals surface area contributed by atoms with Crippen LogP contribution in [0.5, 0.6) is 0 Å². The number of thioether (sulfide) groups is 1. The van der Waals surface area contributed by atoms with Crippen LogP contribution < -0.4 is 5.32 Å². The van der Waals surface area contributed by atoms with Crippen LogP contribution in [0.2, 0.25) is 0 Å². The van der Waals surface area contributed by atoms with E-state index < -0.39 is 0 Å². The molecular formula is C20H19N3O2S3. The zero-order valence-electron chi connectivity index (χ0n) is 15.3. The molecule has 0 spiro atoms. The molecule has 3 rings (SSSR count). The van der Waals surface area contributed by atoms with E-state index in [0.717, 1.165) is 11.1 Å². The van der Waals surface area contributed by atoms with Crippen molar-refractivity contribution in [3.05, 3.63) is 64.0 Å². The first-order valence-electron chi connectivity index (χ1n) is 8.71. The van der Waals surface area contributed by atoms with Crippen LogP contribution in [0, 0.1) is 0 Å². The number of hydrogen-bond donors (Lipinski definition) is 1. The molecule has 0 radical (unpaired) electrons. The van der Waals surface area contributed by atoms with Crippen molar-refractivity contribution in [1.29, 1.82) is 0 Å². The molecule has 1 aliphatic rings. The number of benzene rings is 1. The maximum atomic E-state index is 12.6. The Morgan fingerprint density at radius 2 is 2.11 bits per heavy atom. The van der Waals surface area contributed by atoms with Crippen LogP contribution in [-0.4, -0.2) is 32.6 Å². The molecular weight excluding hydrogens is 410 g/mol. The quantitative estimate of drug-likeness (QED) is 0.510. The van der Waals surface area contributed by atoms with Crippen molar-refractivity contribution in [2.45, 2.75) is 19.8 Å². The van der Waals surface area contributed by atoms with E-state index >= 15 is 0 Å². The summed E-state index contributed by atoms with van der Waals surface area (Å²) in [6.07, 6.45) is 6.37. The van der Waals surface area contributed by atoms with Gasteiger partial charge in [-0.2, -0.15) is 0 Å². The molecule has 0 aliphatic carbocycles. The second-order valence-electron chi connectivity index (χ2n) is 6.12. The standard InChI is InChI=1S/C20H19N3O2S3/c1-14(12-15-6-3-2-4-7-15)13-16-18(25)23(20(26)28-16)10-5-8-17(24)22-19-21-9-11-27-19/h2-4,6-7,9,11-13H,5,8,10H2,1H3,(H,21,22,24). The van der Waals surface area contributed by atoms with Gasteiger partial charge in [-0.15, -0.1) is 11.3 Å². The Labute approximate surface area is 177 Å². The van der Waals surface area contributed by atoms with Gasteiger partial charge in [0.25, 0.3) is 5.91 Å². The van der Waals surface area contributed by atoms with Crippen molar-refractivity contribution < 1.29 is 9.59 Å². The van der Waals surface area contributed by atoms with Crippen LogP contribution in [-0.2, 0) is 9.59 Å². The summed E-state index contributed by atoms with van der Waals surface area (Å²) in [7, 11) is 0. The summed E-state index contributed by atoms with van der Waals surface area (Å²) in [4.78, 5) is 30.8. The maximum absolute atomic E-state index is 12.6. The van der Waals surface area contributed by atoms with Crippen molar-refractivity contribution in [3.63, 3.8) is 0 Å². The summed E-state index contributed by atoms with van der Waals surface area (Å²) in [5.74, 6) is -0.214. The maximum Gasteiger partial charge on any atom is 0.266 e.